The Morgan fingerprint density at radius 3 is 2.54 bits per heavy atom. The highest BCUT2D eigenvalue weighted by Crippen LogP contribution is 2.29. The lowest BCUT2D eigenvalue weighted by Gasteiger charge is -2.28. The van der Waals surface area contributed by atoms with Crippen molar-refractivity contribution in [1.82, 2.24) is 5.32 Å². The topological polar surface area (TPSA) is 29.1 Å². The summed E-state index contributed by atoms with van der Waals surface area (Å²) in [5.41, 5.74) is 0. The molecule has 0 spiro atoms. The molecule has 1 atom stereocenters. The van der Waals surface area contributed by atoms with Gasteiger partial charge in [0, 0.05) is 18.4 Å². The number of Topliss-reactive ketones (excluding diaryl/α,β-unsaturated/α-hetero) is 1. The maximum Gasteiger partial charge on any atom is 0.137 e. The van der Waals surface area contributed by atoms with Crippen LogP contribution in [-0.4, -0.2) is 18.4 Å². The van der Waals surface area contributed by atoms with Crippen LogP contribution in [0.4, 0.5) is 0 Å². The summed E-state index contributed by atoms with van der Waals surface area (Å²) in [7, 11) is 0. The zero-order valence-electron chi connectivity index (χ0n) is 8.22. The normalized spacial score (nSPS) is 29.7. The number of nitrogens with one attached hydrogen (secondary N) is 1. The second-order valence-electron chi connectivity index (χ2n) is 4.45. The van der Waals surface area contributed by atoms with Gasteiger partial charge in [0.05, 0.1) is 0 Å². The van der Waals surface area contributed by atoms with E-state index in [2.05, 4.69) is 5.32 Å². The van der Waals surface area contributed by atoms with E-state index in [-0.39, 0.29) is 0 Å². The molecule has 2 fully saturated rings. The van der Waals surface area contributed by atoms with Gasteiger partial charge in [-0.1, -0.05) is 12.8 Å². The number of carbonyl (C=O) groups is 1. The average molecular weight is 181 g/mol. The van der Waals surface area contributed by atoms with Gasteiger partial charge < -0.3 is 5.32 Å². The zero-order valence-corrected chi connectivity index (χ0v) is 8.22. The third-order valence-electron chi connectivity index (χ3n) is 3.42. The predicted octanol–water partition coefficient (Wildman–Crippen LogP) is 1.89. The molecular formula is C11H19NO. The summed E-state index contributed by atoms with van der Waals surface area (Å²) < 4.78 is 0. The molecule has 0 aromatic heterocycles. The molecule has 2 rings (SSSR count). The van der Waals surface area contributed by atoms with Crippen LogP contribution in [0.1, 0.15) is 44.9 Å². The molecule has 1 aliphatic heterocycles. The van der Waals surface area contributed by atoms with E-state index in [4.69, 9.17) is 0 Å². The summed E-state index contributed by atoms with van der Waals surface area (Å²) in [6, 6.07) is 0.502. The first-order chi connectivity index (χ1) is 6.36. The van der Waals surface area contributed by atoms with Gasteiger partial charge in [-0.3, -0.25) is 4.79 Å². The summed E-state index contributed by atoms with van der Waals surface area (Å²) in [5.74, 6) is 0.953. The van der Waals surface area contributed by atoms with E-state index in [1.807, 2.05) is 0 Å². The molecule has 74 valence electrons. The van der Waals surface area contributed by atoms with Gasteiger partial charge >= 0.3 is 0 Å². The molecule has 1 saturated heterocycles. The molecule has 2 heteroatoms. The van der Waals surface area contributed by atoms with Crippen molar-refractivity contribution < 1.29 is 4.79 Å². The van der Waals surface area contributed by atoms with Crippen molar-refractivity contribution in [2.45, 2.75) is 51.0 Å². The van der Waals surface area contributed by atoms with E-state index in [1.165, 1.54) is 25.7 Å². The van der Waals surface area contributed by atoms with Crippen LogP contribution in [0.15, 0.2) is 0 Å². The lowest BCUT2D eigenvalue weighted by Crippen LogP contribution is -2.37. The lowest BCUT2D eigenvalue weighted by atomic mass is 9.79. The van der Waals surface area contributed by atoms with Gasteiger partial charge in [0.15, 0.2) is 0 Å². The summed E-state index contributed by atoms with van der Waals surface area (Å²) in [4.78, 5) is 11.7. The first-order valence-corrected chi connectivity index (χ1v) is 5.62. The van der Waals surface area contributed by atoms with Gasteiger partial charge in [-0.15, -0.1) is 0 Å². The van der Waals surface area contributed by atoms with Crippen LogP contribution < -0.4 is 5.32 Å². The molecule has 1 saturated carbocycles. The molecular weight excluding hydrogens is 162 g/mol. The standard InChI is InChI=1S/C11H19NO/c13-11(9-4-3-5-9)8-10-6-1-2-7-12-10/h9-10,12H,1-8H2. The Bertz CT molecular complexity index is 181. The second-order valence-corrected chi connectivity index (χ2v) is 4.45. The minimum Gasteiger partial charge on any atom is -0.314 e. The minimum absolute atomic E-state index is 0.434. The number of carbonyl (C=O) groups excluding carboxylic acids is 1. The molecule has 13 heavy (non-hydrogen) atoms. The van der Waals surface area contributed by atoms with Gasteiger partial charge in [-0.25, -0.2) is 0 Å². The highest BCUT2D eigenvalue weighted by molar-refractivity contribution is 5.82. The van der Waals surface area contributed by atoms with Crippen LogP contribution in [0, 0.1) is 5.92 Å². The van der Waals surface area contributed by atoms with Crippen molar-refractivity contribution in [3.8, 4) is 0 Å². The molecule has 2 aliphatic rings. The summed E-state index contributed by atoms with van der Waals surface area (Å²) in [5, 5.41) is 3.43. The highest BCUT2D eigenvalue weighted by Gasteiger charge is 2.27. The number of hydrogen-bond donors (Lipinski definition) is 1. The van der Waals surface area contributed by atoms with Gasteiger partial charge in [0.2, 0.25) is 0 Å². The lowest BCUT2D eigenvalue weighted by molar-refractivity contribution is -0.125. The fourth-order valence-corrected chi connectivity index (χ4v) is 2.24. The second kappa shape index (κ2) is 4.23. The monoisotopic (exact) mass is 181 g/mol. The van der Waals surface area contributed by atoms with Crippen LogP contribution in [0.2, 0.25) is 0 Å². The van der Waals surface area contributed by atoms with Crippen molar-refractivity contribution in [2.24, 2.45) is 5.92 Å². The predicted molar refractivity (Wildman–Crippen MR) is 52.6 cm³/mol. The summed E-state index contributed by atoms with van der Waals surface area (Å²) in [6.07, 6.45) is 8.18. The molecule has 1 unspecified atom stereocenters. The third-order valence-corrected chi connectivity index (χ3v) is 3.42. The van der Waals surface area contributed by atoms with E-state index >= 15 is 0 Å². The fourth-order valence-electron chi connectivity index (χ4n) is 2.24. The molecule has 2 nitrogen and oxygen atoms in total. The van der Waals surface area contributed by atoms with Crippen LogP contribution in [0.5, 0.6) is 0 Å². The number of ketones is 1. The van der Waals surface area contributed by atoms with Gasteiger partial charge in [0.1, 0.15) is 5.78 Å². The third kappa shape index (κ3) is 2.31. The smallest absolute Gasteiger partial charge is 0.137 e. The average Bonchev–Trinajstić information content (AvgIpc) is 2.02. The number of hydrogen-bond acceptors (Lipinski definition) is 2. The van der Waals surface area contributed by atoms with Crippen LogP contribution in [0.25, 0.3) is 0 Å². The SMILES string of the molecule is O=C(CC1CCCCN1)C1CCC1. The Balaban J connectivity index is 1.72. The molecule has 0 bridgehead atoms. The maximum atomic E-state index is 11.7. The largest absolute Gasteiger partial charge is 0.314 e. The molecule has 0 aromatic rings. The van der Waals surface area contributed by atoms with Gasteiger partial charge in [-0.2, -0.15) is 0 Å². The van der Waals surface area contributed by atoms with Crippen molar-refractivity contribution in [3.63, 3.8) is 0 Å². The highest BCUT2D eigenvalue weighted by atomic mass is 16.1. The number of rotatable bonds is 3. The quantitative estimate of drug-likeness (QED) is 0.720. The van der Waals surface area contributed by atoms with Crippen LogP contribution in [-0.2, 0) is 4.79 Å². The molecule has 1 aliphatic carbocycles. The summed E-state index contributed by atoms with van der Waals surface area (Å²) in [6.45, 7) is 1.11. The van der Waals surface area contributed by atoms with E-state index in [1.54, 1.807) is 0 Å². The fraction of sp³-hybridized carbons (Fsp3) is 0.909. The van der Waals surface area contributed by atoms with Crippen LogP contribution in [0.3, 0.4) is 0 Å². The maximum absolute atomic E-state index is 11.7. The molecule has 0 aromatic carbocycles. The Hall–Kier alpha value is -0.370. The zero-order chi connectivity index (χ0) is 9.10. The first kappa shape index (κ1) is 9.20. The molecule has 1 N–H and O–H groups in total. The number of piperidine rings is 1. The molecule has 1 heterocycles. The van der Waals surface area contributed by atoms with Crippen molar-refractivity contribution in [3.05, 3.63) is 0 Å². The molecule has 0 radical (unpaired) electrons. The Labute approximate surface area is 80.1 Å². The molecule has 0 amide bonds. The Morgan fingerprint density at radius 1 is 1.15 bits per heavy atom. The first-order valence-electron chi connectivity index (χ1n) is 5.62. The Kier molecular flexibility index (Phi) is 2.99. The van der Waals surface area contributed by atoms with E-state index in [9.17, 15) is 4.79 Å². The van der Waals surface area contributed by atoms with E-state index < -0.39 is 0 Å². The van der Waals surface area contributed by atoms with E-state index in [0.29, 0.717) is 17.7 Å². The summed E-state index contributed by atoms with van der Waals surface area (Å²) >= 11 is 0. The van der Waals surface area contributed by atoms with E-state index in [0.717, 1.165) is 25.8 Å². The van der Waals surface area contributed by atoms with Crippen molar-refractivity contribution >= 4 is 5.78 Å². The van der Waals surface area contributed by atoms with Gasteiger partial charge in [-0.05, 0) is 32.2 Å². The van der Waals surface area contributed by atoms with Crippen molar-refractivity contribution in [1.29, 1.82) is 0 Å². The minimum atomic E-state index is 0.434. The van der Waals surface area contributed by atoms with Crippen molar-refractivity contribution in [2.75, 3.05) is 6.54 Å². The van der Waals surface area contributed by atoms with Gasteiger partial charge in [0.25, 0.3) is 0 Å². The Morgan fingerprint density at radius 2 is 2.00 bits per heavy atom. The van der Waals surface area contributed by atoms with Crippen LogP contribution >= 0.6 is 0 Å².